The molecule has 1 fully saturated rings. The van der Waals surface area contributed by atoms with Crippen molar-refractivity contribution in [2.45, 2.75) is 37.9 Å². The SMILES string of the molecule is COC1CN(CCCCCCN)CC1OC. The normalized spacial score (nSPS) is 26.4. The molecule has 1 rings (SSSR count). The summed E-state index contributed by atoms with van der Waals surface area (Å²) in [4.78, 5) is 2.44. The lowest BCUT2D eigenvalue weighted by Crippen LogP contribution is -2.27. The van der Waals surface area contributed by atoms with Crippen LogP contribution < -0.4 is 5.73 Å². The van der Waals surface area contributed by atoms with Crippen molar-refractivity contribution in [3.63, 3.8) is 0 Å². The Morgan fingerprint density at radius 1 is 1.00 bits per heavy atom. The van der Waals surface area contributed by atoms with Gasteiger partial charge in [-0.05, 0) is 25.9 Å². The number of ether oxygens (including phenoxy) is 2. The Bertz CT molecular complexity index is 166. The third kappa shape index (κ3) is 4.37. The van der Waals surface area contributed by atoms with Crippen LogP contribution in [0.1, 0.15) is 25.7 Å². The molecule has 0 saturated carbocycles. The molecule has 0 amide bonds. The second kappa shape index (κ2) is 8.01. The minimum absolute atomic E-state index is 0.244. The van der Waals surface area contributed by atoms with Crippen LogP contribution in [0.15, 0.2) is 0 Å². The van der Waals surface area contributed by atoms with Gasteiger partial charge in [-0.3, -0.25) is 4.90 Å². The molecule has 0 spiro atoms. The summed E-state index contributed by atoms with van der Waals surface area (Å²) in [6.45, 7) is 3.99. The van der Waals surface area contributed by atoms with Crippen molar-refractivity contribution < 1.29 is 9.47 Å². The fraction of sp³-hybridized carbons (Fsp3) is 1.00. The molecular weight excluding hydrogens is 204 g/mol. The molecule has 2 unspecified atom stereocenters. The molecule has 1 heterocycles. The Hall–Kier alpha value is -0.160. The summed E-state index contributed by atoms with van der Waals surface area (Å²) < 4.78 is 10.8. The van der Waals surface area contributed by atoms with Crippen LogP contribution in [0.5, 0.6) is 0 Å². The molecule has 0 bridgehead atoms. The van der Waals surface area contributed by atoms with E-state index in [2.05, 4.69) is 4.90 Å². The highest BCUT2D eigenvalue weighted by Crippen LogP contribution is 2.16. The molecule has 0 aromatic rings. The zero-order valence-corrected chi connectivity index (χ0v) is 10.7. The number of unbranched alkanes of at least 4 members (excludes halogenated alkanes) is 3. The molecule has 0 aromatic carbocycles. The molecule has 4 nitrogen and oxygen atoms in total. The molecule has 1 aliphatic rings. The van der Waals surface area contributed by atoms with Crippen LogP contribution in [0.2, 0.25) is 0 Å². The van der Waals surface area contributed by atoms with Gasteiger partial charge in [0.25, 0.3) is 0 Å². The number of rotatable bonds is 8. The topological polar surface area (TPSA) is 47.7 Å². The molecule has 1 saturated heterocycles. The summed E-state index contributed by atoms with van der Waals surface area (Å²) in [6.07, 6.45) is 5.44. The molecule has 4 heteroatoms. The highest BCUT2D eigenvalue weighted by atomic mass is 16.5. The summed E-state index contributed by atoms with van der Waals surface area (Å²) in [5.74, 6) is 0. The zero-order valence-electron chi connectivity index (χ0n) is 10.7. The van der Waals surface area contributed by atoms with E-state index in [0.29, 0.717) is 0 Å². The first-order valence-corrected chi connectivity index (χ1v) is 6.29. The number of methoxy groups -OCH3 is 2. The number of nitrogens with zero attached hydrogens (tertiary/aromatic N) is 1. The van der Waals surface area contributed by atoms with Gasteiger partial charge in [0.1, 0.15) is 0 Å². The van der Waals surface area contributed by atoms with Gasteiger partial charge in [0, 0.05) is 27.3 Å². The standard InChI is InChI=1S/C12H26N2O2/c1-15-11-9-14(10-12(11)16-2)8-6-4-3-5-7-13/h11-12H,3-10,13H2,1-2H3. The lowest BCUT2D eigenvalue weighted by atomic mass is 10.2. The first-order chi connectivity index (χ1) is 7.81. The molecule has 1 aliphatic heterocycles. The fourth-order valence-electron chi connectivity index (χ4n) is 2.29. The van der Waals surface area contributed by atoms with E-state index >= 15 is 0 Å². The van der Waals surface area contributed by atoms with E-state index in [-0.39, 0.29) is 12.2 Å². The van der Waals surface area contributed by atoms with E-state index in [0.717, 1.165) is 32.6 Å². The van der Waals surface area contributed by atoms with Crippen LogP contribution in [-0.4, -0.2) is 57.5 Å². The first-order valence-electron chi connectivity index (χ1n) is 6.29. The summed E-state index contributed by atoms with van der Waals surface area (Å²) in [7, 11) is 3.53. The Morgan fingerprint density at radius 3 is 2.06 bits per heavy atom. The van der Waals surface area contributed by atoms with Gasteiger partial charge in [0.15, 0.2) is 0 Å². The van der Waals surface area contributed by atoms with Gasteiger partial charge in [-0.2, -0.15) is 0 Å². The molecular formula is C12H26N2O2. The highest BCUT2D eigenvalue weighted by molar-refractivity contribution is 4.85. The van der Waals surface area contributed by atoms with Crippen molar-refractivity contribution in [3.8, 4) is 0 Å². The maximum atomic E-state index is 5.46. The van der Waals surface area contributed by atoms with Crippen molar-refractivity contribution in [1.29, 1.82) is 0 Å². The van der Waals surface area contributed by atoms with Crippen molar-refractivity contribution in [2.75, 3.05) is 40.4 Å². The van der Waals surface area contributed by atoms with Gasteiger partial charge in [-0.15, -0.1) is 0 Å². The number of hydrogen-bond donors (Lipinski definition) is 1. The molecule has 0 radical (unpaired) electrons. The summed E-state index contributed by atoms with van der Waals surface area (Å²) in [5.41, 5.74) is 5.46. The summed E-state index contributed by atoms with van der Waals surface area (Å²) in [5, 5.41) is 0. The van der Waals surface area contributed by atoms with Crippen molar-refractivity contribution in [3.05, 3.63) is 0 Å². The smallest absolute Gasteiger partial charge is 0.0971 e. The van der Waals surface area contributed by atoms with Crippen LogP contribution in [0.4, 0.5) is 0 Å². The third-order valence-electron chi connectivity index (χ3n) is 3.32. The van der Waals surface area contributed by atoms with E-state index in [1.165, 1.54) is 19.3 Å². The van der Waals surface area contributed by atoms with Crippen molar-refractivity contribution in [2.24, 2.45) is 5.73 Å². The quantitative estimate of drug-likeness (QED) is 0.628. The van der Waals surface area contributed by atoms with E-state index in [4.69, 9.17) is 15.2 Å². The Kier molecular flexibility index (Phi) is 6.96. The second-order valence-electron chi connectivity index (χ2n) is 4.51. The van der Waals surface area contributed by atoms with Gasteiger partial charge >= 0.3 is 0 Å². The maximum Gasteiger partial charge on any atom is 0.0971 e. The Balaban J connectivity index is 2.10. The fourth-order valence-corrected chi connectivity index (χ4v) is 2.29. The lowest BCUT2D eigenvalue weighted by Gasteiger charge is -2.14. The molecule has 96 valence electrons. The van der Waals surface area contributed by atoms with Crippen molar-refractivity contribution >= 4 is 0 Å². The van der Waals surface area contributed by atoms with Crippen molar-refractivity contribution in [1.82, 2.24) is 4.90 Å². The molecule has 0 aromatic heterocycles. The second-order valence-corrected chi connectivity index (χ2v) is 4.51. The maximum absolute atomic E-state index is 5.46. The van der Waals surface area contributed by atoms with E-state index in [9.17, 15) is 0 Å². The number of nitrogens with two attached hydrogens (primary N) is 1. The largest absolute Gasteiger partial charge is 0.377 e. The number of likely N-dealkylation sites (tertiary alicyclic amines) is 1. The average molecular weight is 230 g/mol. The lowest BCUT2D eigenvalue weighted by molar-refractivity contribution is -0.00461. The first kappa shape index (κ1) is 13.9. The van der Waals surface area contributed by atoms with Crippen LogP contribution in [-0.2, 0) is 9.47 Å². The van der Waals surface area contributed by atoms with Crippen LogP contribution in [0.25, 0.3) is 0 Å². The van der Waals surface area contributed by atoms with E-state index < -0.39 is 0 Å². The van der Waals surface area contributed by atoms with Gasteiger partial charge in [-0.25, -0.2) is 0 Å². The Morgan fingerprint density at radius 2 is 1.56 bits per heavy atom. The summed E-state index contributed by atoms with van der Waals surface area (Å²) in [6, 6.07) is 0. The molecule has 2 atom stereocenters. The minimum atomic E-state index is 0.244. The minimum Gasteiger partial charge on any atom is -0.377 e. The van der Waals surface area contributed by atoms with Gasteiger partial charge in [-0.1, -0.05) is 12.8 Å². The number of hydrogen-bond acceptors (Lipinski definition) is 4. The van der Waals surface area contributed by atoms with Crippen LogP contribution >= 0.6 is 0 Å². The van der Waals surface area contributed by atoms with Gasteiger partial charge in [0.2, 0.25) is 0 Å². The van der Waals surface area contributed by atoms with Crippen LogP contribution in [0.3, 0.4) is 0 Å². The third-order valence-corrected chi connectivity index (χ3v) is 3.32. The molecule has 0 aliphatic carbocycles. The summed E-state index contributed by atoms with van der Waals surface area (Å²) >= 11 is 0. The van der Waals surface area contributed by atoms with Gasteiger partial charge in [0.05, 0.1) is 12.2 Å². The van der Waals surface area contributed by atoms with E-state index in [1.807, 2.05) is 0 Å². The molecule has 2 N–H and O–H groups in total. The van der Waals surface area contributed by atoms with Crippen LogP contribution in [0, 0.1) is 0 Å². The predicted molar refractivity (Wildman–Crippen MR) is 65.6 cm³/mol. The Labute approximate surface area is 99.1 Å². The molecule has 16 heavy (non-hydrogen) atoms. The highest BCUT2D eigenvalue weighted by Gasteiger charge is 2.32. The average Bonchev–Trinajstić information content (AvgIpc) is 2.71. The monoisotopic (exact) mass is 230 g/mol. The zero-order chi connectivity index (χ0) is 11.8. The predicted octanol–water partition coefficient (Wildman–Crippen LogP) is 0.851. The van der Waals surface area contributed by atoms with Gasteiger partial charge < -0.3 is 15.2 Å². The van der Waals surface area contributed by atoms with E-state index in [1.54, 1.807) is 14.2 Å².